The molecule has 2 aliphatic heterocycles. The number of nitrogens with one attached hydrogen (secondary N) is 1. The van der Waals surface area contributed by atoms with Crippen LogP contribution < -0.4 is 4.90 Å². The van der Waals surface area contributed by atoms with Crippen LogP contribution in [0.4, 0.5) is 10.7 Å². The van der Waals surface area contributed by atoms with Crippen LogP contribution in [0.1, 0.15) is 12.8 Å². The molecule has 6 nitrogen and oxygen atoms in total. The Bertz CT molecular complexity index is 736. The number of amides is 1. The summed E-state index contributed by atoms with van der Waals surface area (Å²) in [5.41, 5.74) is 1.53. The number of carbonyl (C=O) groups is 1. The molecular weight excluding hydrogens is 304 g/mol. The Balaban J connectivity index is 1.52. The van der Waals surface area contributed by atoms with E-state index >= 15 is 0 Å². The lowest BCUT2D eigenvalue weighted by molar-refractivity contribution is 0.0365. The zero-order chi connectivity index (χ0) is 15.3. The molecule has 0 aliphatic carbocycles. The lowest BCUT2D eigenvalue weighted by Crippen LogP contribution is -2.47. The highest BCUT2D eigenvalue weighted by molar-refractivity contribution is 6.31. The lowest BCUT2D eigenvalue weighted by atomic mass is 9.91. The van der Waals surface area contributed by atoms with Crippen LogP contribution in [-0.2, 0) is 4.74 Å². The number of imidazole rings is 1. The first-order chi connectivity index (χ1) is 10.5. The van der Waals surface area contributed by atoms with Crippen molar-refractivity contribution in [2.75, 3.05) is 31.6 Å². The summed E-state index contributed by atoms with van der Waals surface area (Å²) in [5.74, 6) is 0.852. The average Bonchev–Trinajstić information content (AvgIpc) is 3.01. The Hall–Kier alpha value is -1.95. The maximum atomic E-state index is 11.6. The van der Waals surface area contributed by atoms with Crippen LogP contribution in [0.3, 0.4) is 0 Å². The predicted octanol–water partition coefficient (Wildman–Crippen LogP) is 2.64. The summed E-state index contributed by atoms with van der Waals surface area (Å²) in [7, 11) is 1.78. The Morgan fingerprint density at radius 1 is 1.36 bits per heavy atom. The standard InChI is InChI=1S/C15H17ClN4O2/c1-19-9-15(22-14(19)21)4-6-20(7-5-15)13-17-11-3-2-10(16)8-12(11)18-13/h2-3,8H,4-7,9H2,1H3,(H,17,18). The number of hydrogen-bond acceptors (Lipinski definition) is 4. The van der Waals surface area contributed by atoms with Gasteiger partial charge in [-0.2, -0.15) is 0 Å². The van der Waals surface area contributed by atoms with Gasteiger partial charge in [-0.15, -0.1) is 0 Å². The zero-order valence-electron chi connectivity index (χ0n) is 12.3. The van der Waals surface area contributed by atoms with Crippen molar-refractivity contribution in [3.8, 4) is 0 Å². The minimum absolute atomic E-state index is 0.216. The van der Waals surface area contributed by atoms with Crippen LogP contribution in [0.2, 0.25) is 5.02 Å². The van der Waals surface area contributed by atoms with Gasteiger partial charge in [-0.05, 0) is 18.2 Å². The van der Waals surface area contributed by atoms with Crippen LogP contribution in [0.5, 0.6) is 0 Å². The molecule has 1 N–H and O–H groups in total. The summed E-state index contributed by atoms with van der Waals surface area (Å²) in [6, 6.07) is 5.65. The number of hydrogen-bond donors (Lipinski definition) is 1. The van der Waals surface area contributed by atoms with Crippen molar-refractivity contribution in [2.45, 2.75) is 18.4 Å². The second kappa shape index (κ2) is 4.78. The molecule has 116 valence electrons. The quantitative estimate of drug-likeness (QED) is 0.877. The van der Waals surface area contributed by atoms with E-state index < -0.39 is 0 Å². The van der Waals surface area contributed by atoms with Gasteiger partial charge in [-0.25, -0.2) is 9.78 Å². The van der Waals surface area contributed by atoms with Gasteiger partial charge in [0.15, 0.2) is 0 Å². The van der Waals surface area contributed by atoms with E-state index in [1.807, 2.05) is 18.2 Å². The summed E-state index contributed by atoms with van der Waals surface area (Å²) in [4.78, 5) is 23.4. The van der Waals surface area contributed by atoms with Crippen molar-refractivity contribution >= 4 is 34.7 Å². The second-order valence-electron chi connectivity index (χ2n) is 6.12. The lowest BCUT2D eigenvalue weighted by Gasteiger charge is -2.37. The fraction of sp³-hybridized carbons (Fsp3) is 0.467. The molecule has 7 heteroatoms. The molecule has 0 bridgehead atoms. The summed E-state index contributed by atoms with van der Waals surface area (Å²) in [5, 5.41) is 0.684. The molecule has 22 heavy (non-hydrogen) atoms. The number of aromatic nitrogens is 2. The van der Waals surface area contributed by atoms with Gasteiger partial charge in [0.1, 0.15) is 5.60 Å². The number of rotatable bonds is 1. The van der Waals surface area contributed by atoms with E-state index in [1.54, 1.807) is 11.9 Å². The molecule has 0 radical (unpaired) electrons. The van der Waals surface area contributed by atoms with Crippen molar-refractivity contribution in [1.29, 1.82) is 0 Å². The predicted molar refractivity (Wildman–Crippen MR) is 84.4 cm³/mol. The number of benzene rings is 1. The first-order valence-corrected chi connectivity index (χ1v) is 7.77. The Morgan fingerprint density at radius 3 is 2.82 bits per heavy atom. The smallest absolute Gasteiger partial charge is 0.410 e. The highest BCUT2D eigenvalue weighted by Gasteiger charge is 2.45. The summed E-state index contributed by atoms with van der Waals surface area (Å²) in [6.45, 7) is 2.30. The monoisotopic (exact) mass is 320 g/mol. The van der Waals surface area contributed by atoms with Crippen LogP contribution >= 0.6 is 11.6 Å². The van der Waals surface area contributed by atoms with Crippen molar-refractivity contribution < 1.29 is 9.53 Å². The van der Waals surface area contributed by atoms with Gasteiger partial charge in [-0.3, -0.25) is 0 Å². The zero-order valence-corrected chi connectivity index (χ0v) is 13.1. The number of aromatic amines is 1. The highest BCUT2D eigenvalue weighted by Crippen LogP contribution is 2.34. The van der Waals surface area contributed by atoms with Crippen LogP contribution in [0.25, 0.3) is 11.0 Å². The molecule has 0 saturated carbocycles. The van der Waals surface area contributed by atoms with E-state index in [4.69, 9.17) is 16.3 Å². The number of anilines is 1. The maximum absolute atomic E-state index is 11.6. The van der Waals surface area contributed by atoms with Crippen LogP contribution in [0.15, 0.2) is 18.2 Å². The third-order valence-corrected chi connectivity index (χ3v) is 4.78. The van der Waals surface area contributed by atoms with Crippen LogP contribution in [-0.4, -0.2) is 53.2 Å². The normalized spacial score (nSPS) is 20.9. The fourth-order valence-corrected chi connectivity index (χ4v) is 3.46. The van der Waals surface area contributed by atoms with Gasteiger partial charge in [0.25, 0.3) is 0 Å². The number of H-pyrrole nitrogens is 1. The molecule has 2 saturated heterocycles. The molecular formula is C15H17ClN4O2. The van der Waals surface area contributed by atoms with Gasteiger partial charge in [-0.1, -0.05) is 11.6 Å². The molecule has 3 heterocycles. The van der Waals surface area contributed by atoms with Gasteiger partial charge in [0, 0.05) is 38.0 Å². The Kier molecular flexibility index (Phi) is 2.97. The average molecular weight is 321 g/mol. The SMILES string of the molecule is CN1CC2(CCN(c3nc4cc(Cl)ccc4[nH]3)CC2)OC1=O. The summed E-state index contributed by atoms with van der Waals surface area (Å²) >= 11 is 6.00. The first-order valence-electron chi connectivity index (χ1n) is 7.39. The van der Waals surface area contributed by atoms with Gasteiger partial charge < -0.3 is 19.5 Å². The minimum atomic E-state index is -0.322. The number of carbonyl (C=O) groups excluding carboxylic acids is 1. The molecule has 0 unspecified atom stereocenters. The molecule has 1 spiro atoms. The Morgan fingerprint density at radius 2 is 2.14 bits per heavy atom. The molecule has 1 amide bonds. The van der Waals surface area contributed by atoms with Gasteiger partial charge >= 0.3 is 6.09 Å². The fourth-order valence-electron chi connectivity index (χ4n) is 3.29. The van der Waals surface area contributed by atoms with Gasteiger partial charge in [0.05, 0.1) is 17.6 Å². The molecule has 2 aliphatic rings. The number of nitrogens with zero attached hydrogens (tertiary/aromatic N) is 3. The second-order valence-corrected chi connectivity index (χ2v) is 6.55. The molecule has 2 aromatic rings. The number of halogens is 1. The highest BCUT2D eigenvalue weighted by atomic mass is 35.5. The van der Waals surface area contributed by atoms with E-state index in [0.717, 1.165) is 42.9 Å². The third-order valence-electron chi connectivity index (χ3n) is 4.55. The van der Waals surface area contributed by atoms with E-state index in [0.29, 0.717) is 11.6 Å². The van der Waals surface area contributed by atoms with Crippen molar-refractivity contribution in [3.63, 3.8) is 0 Å². The maximum Gasteiger partial charge on any atom is 0.410 e. The molecule has 2 fully saturated rings. The molecule has 4 rings (SSSR count). The van der Waals surface area contributed by atoms with Gasteiger partial charge in [0.2, 0.25) is 5.95 Å². The van der Waals surface area contributed by atoms with E-state index in [1.165, 1.54) is 0 Å². The summed E-state index contributed by atoms with van der Waals surface area (Å²) < 4.78 is 5.57. The topological polar surface area (TPSA) is 61.5 Å². The van der Waals surface area contributed by atoms with Crippen molar-refractivity contribution in [3.05, 3.63) is 23.2 Å². The van der Waals surface area contributed by atoms with E-state index in [2.05, 4.69) is 14.9 Å². The number of fused-ring (bicyclic) bond motifs is 1. The van der Waals surface area contributed by atoms with E-state index in [9.17, 15) is 4.79 Å². The van der Waals surface area contributed by atoms with Crippen LogP contribution in [0, 0.1) is 0 Å². The third kappa shape index (κ3) is 2.18. The molecule has 0 atom stereocenters. The number of piperidine rings is 1. The van der Waals surface area contributed by atoms with Crippen molar-refractivity contribution in [1.82, 2.24) is 14.9 Å². The molecule has 1 aromatic carbocycles. The minimum Gasteiger partial charge on any atom is -0.441 e. The summed E-state index contributed by atoms with van der Waals surface area (Å²) in [6.07, 6.45) is 1.42. The van der Waals surface area contributed by atoms with Crippen molar-refractivity contribution in [2.24, 2.45) is 0 Å². The number of likely N-dealkylation sites (N-methyl/N-ethyl adjacent to an activating group) is 1. The largest absolute Gasteiger partial charge is 0.441 e. The van der Waals surface area contributed by atoms with E-state index in [-0.39, 0.29) is 11.7 Å². The number of ether oxygens (including phenoxy) is 1. The first kappa shape index (κ1) is 13.7. The Labute approximate surface area is 133 Å². The molecule has 1 aromatic heterocycles.